The summed E-state index contributed by atoms with van der Waals surface area (Å²) in [5, 5.41) is 7.04. The molecule has 3 heterocycles. The lowest BCUT2D eigenvalue weighted by Gasteiger charge is -2.35. The number of piperazine rings is 2. The Hall–Kier alpha value is -1.80. The average Bonchev–Trinajstić information content (AvgIpc) is 2.77. The normalized spacial score (nSPS) is 20.8. The van der Waals surface area contributed by atoms with Gasteiger partial charge in [-0.1, -0.05) is 18.5 Å². The van der Waals surface area contributed by atoms with Gasteiger partial charge in [0.2, 0.25) is 5.95 Å². The average molecular weight is 419 g/mol. The first-order chi connectivity index (χ1) is 14.1. The largest absolute Gasteiger partial charge is 0.338 e. The first-order valence-corrected chi connectivity index (χ1v) is 10.8. The fraction of sp³-hybridized carbons (Fsp3) is 0.524. The van der Waals surface area contributed by atoms with Crippen molar-refractivity contribution in [2.24, 2.45) is 0 Å². The molecule has 2 saturated heterocycles. The predicted octanol–water partition coefficient (Wildman–Crippen LogP) is 2.70. The molecule has 156 valence electrons. The van der Waals surface area contributed by atoms with Gasteiger partial charge in [-0.3, -0.25) is 4.90 Å². The van der Waals surface area contributed by atoms with Gasteiger partial charge >= 0.3 is 0 Å². The van der Waals surface area contributed by atoms with E-state index in [0.717, 1.165) is 75.3 Å². The van der Waals surface area contributed by atoms with Crippen molar-refractivity contribution in [3.63, 3.8) is 0 Å². The van der Waals surface area contributed by atoms with Crippen molar-refractivity contribution in [2.45, 2.75) is 19.4 Å². The summed E-state index contributed by atoms with van der Waals surface area (Å²) in [7, 11) is 0. The third-order valence-corrected chi connectivity index (χ3v) is 5.83. The highest BCUT2D eigenvalue weighted by molar-refractivity contribution is 6.31. The summed E-state index contributed by atoms with van der Waals surface area (Å²) in [6.45, 7) is 9.86. The monoisotopic (exact) mass is 418 g/mol. The van der Waals surface area contributed by atoms with E-state index < -0.39 is 5.82 Å². The van der Waals surface area contributed by atoms with Crippen LogP contribution in [0.15, 0.2) is 24.3 Å². The van der Waals surface area contributed by atoms with Crippen LogP contribution in [0.1, 0.15) is 25.1 Å². The Morgan fingerprint density at radius 1 is 1.14 bits per heavy atom. The molecular weight excluding hydrogens is 391 g/mol. The molecule has 29 heavy (non-hydrogen) atoms. The zero-order valence-corrected chi connectivity index (χ0v) is 17.6. The smallest absolute Gasteiger partial charge is 0.226 e. The van der Waals surface area contributed by atoms with Crippen LogP contribution in [-0.2, 0) is 0 Å². The molecule has 1 aromatic carbocycles. The van der Waals surface area contributed by atoms with Gasteiger partial charge in [-0.25, -0.2) is 14.4 Å². The Morgan fingerprint density at radius 2 is 1.97 bits per heavy atom. The number of hydrogen-bond acceptors (Lipinski definition) is 6. The van der Waals surface area contributed by atoms with Gasteiger partial charge in [0.15, 0.2) is 0 Å². The van der Waals surface area contributed by atoms with Crippen molar-refractivity contribution in [3.8, 4) is 11.3 Å². The number of nitrogens with zero attached hydrogens (tertiary/aromatic N) is 4. The summed E-state index contributed by atoms with van der Waals surface area (Å²) < 4.78 is 13.7. The molecule has 0 aliphatic carbocycles. The van der Waals surface area contributed by atoms with Crippen molar-refractivity contribution in [1.29, 1.82) is 0 Å². The van der Waals surface area contributed by atoms with E-state index in [1.807, 2.05) is 6.07 Å². The van der Waals surface area contributed by atoms with E-state index in [0.29, 0.717) is 0 Å². The molecule has 0 radical (unpaired) electrons. The fourth-order valence-electron chi connectivity index (χ4n) is 3.93. The predicted molar refractivity (Wildman–Crippen MR) is 115 cm³/mol. The molecule has 1 atom stereocenters. The summed E-state index contributed by atoms with van der Waals surface area (Å²) >= 11 is 6.03. The maximum Gasteiger partial charge on any atom is 0.226 e. The molecule has 2 aliphatic rings. The summed E-state index contributed by atoms with van der Waals surface area (Å²) in [5.41, 5.74) is 2.53. The highest BCUT2D eigenvalue weighted by Crippen LogP contribution is 2.27. The standard InChI is InChI=1S/C21H28ClFN6/c1-2-7-28-8-10-29(11-9-28)21-26-18(15-3-4-17(23)16(22)12-15)13-19(27-21)20-14-24-5-6-25-20/h3-4,12-13,20,24-25H,2,5-11,14H2,1H3. The van der Waals surface area contributed by atoms with Gasteiger partial charge in [0.1, 0.15) is 5.82 Å². The summed E-state index contributed by atoms with van der Waals surface area (Å²) in [4.78, 5) is 14.5. The highest BCUT2D eigenvalue weighted by atomic mass is 35.5. The van der Waals surface area contributed by atoms with Crippen molar-refractivity contribution < 1.29 is 4.39 Å². The SMILES string of the molecule is CCCN1CCN(c2nc(-c3ccc(F)c(Cl)c3)cc(C3CNCCN3)n2)CC1. The molecule has 6 nitrogen and oxygen atoms in total. The first kappa shape index (κ1) is 20.5. The maximum absolute atomic E-state index is 13.7. The van der Waals surface area contributed by atoms with Crippen LogP contribution in [0.3, 0.4) is 0 Å². The van der Waals surface area contributed by atoms with E-state index in [4.69, 9.17) is 21.6 Å². The van der Waals surface area contributed by atoms with Crippen LogP contribution in [0, 0.1) is 5.82 Å². The number of nitrogens with one attached hydrogen (secondary N) is 2. The lowest BCUT2D eigenvalue weighted by Crippen LogP contribution is -2.47. The minimum Gasteiger partial charge on any atom is -0.338 e. The minimum atomic E-state index is -0.421. The Labute approximate surface area is 176 Å². The molecule has 2 aliphatic heterocycles. The Morgan fingerprint density at radius 3 is 2.66 bits per heavy atom. The number of anilines is 1. The van der Waals surface area contributed by atoms with Gasteiger partial charge in [0.05, 0.1) is 22.5 Å². The Balaban J connectivity index is 1.65. The van der Waals surface area contributed by atoms with Crippen LogP contribution >= 0.6 is 11.6 Å². The van der Waals surface area contributed by atoms with Gasteiger partial charge in [0.25, 0.3) is 0 Å². The molecule has 0 amide bonds. The van der Waals surface area contributed by atoms with E-state index >= 15 is 0 Å². The van der Waals surface area contributed by atoms with E-state index in [2.05, 4.69) is 27.4 Å². The van der Waals surface area contributed by atoms with Crippen LogP contribution in [0.25, 0.3) is 11.3 Å². The molecular formula is C21H28ClFN6. The van der Waals surface area contributed by atoms with Crippen molar-refractivity contribution in [2.75, 3.05) is 57.3 Å². The maximum atomic E-state index is 13.7. The quantitative estimate of drug-likeness (QED) is 0.778. The lowest BCUT2D eigenvalue weighted by atomic mass is 10.1. The van der Waals surface area contributed by atoms with Crippen molar-refractivity contribution >= 4 is 17.5 Å². The molecule has 4 rings (SSSR count). The summed E-state index contributed by atoms with van der Waals surface area (Å²) in [6.07, 6.45) is 1.17. The number of rotatable bonds is 5. The number of benzene rings is 1. The minimum absolute atomic E-state index is 0.106. The summed E-state index contributed by atoms with van der Waals surface area (Å²) in [5.74, 6) is 0.316. The number of hydrogen-bond donors (Lipinski definition) is 2. The molecule has 0 spiro atoms. The van der Waals surface area contributed by atoms with Crippen molar-refractivity contribution in [1.82, 2.24) is 25.5 Å². The highest BCUT2D eigenvalue weighted by Gasteiger charge is 2.23. The van der Waals surface area contributed by atoms with E-state index in [9.17, 15) is 4.39 Å². The van der Waals surface area contributed by atoms with Crippen LogP contribution in [0.4, 0.5) is 10.3 Å². The van der Waals surface area contributed by atoms with Crippen molar-refractivity contribution in [3.05, 3.63) is 40.8 Å². The zero-order chi connectivity index (χ0) is 20.2. The topological polar surface area (TPSA) is 56.3 Å². The second kappa shape index (κ2) is 9.34. The first-order valence-electron chi connectivity index (χ1n) is 10.4. The van der Waals surface area contributed by atoms with E-state index in [-0.39, 0.29) is 11.1 Å². The zero-order valence-electron chi connectivity index (χ0n) is 16.8. The molecule has 2 N–H and O–H groups in total. The van der Waals surface area contributed by atoms with Crippen LogP contribution in [0.5, 0.6) is 0 Å². The second-order valence-corrected chi connectivity index (χ2v) is 8.05. The molecule has 0 saturated carbocycles. The van der Waals surface area contributed by atoms with E-state index in [1.54, 1.807) is 12.1 Å². The fourth-order valence-corrected chi connectivity index (χ4v) is 4.11. The van der Waals surface area contributed by atoms with Gasteiger partial charge in [-0.15, -0.1) is 0 Å². The van der Waals surface area contributed by atoms with Gasteiger partial charge in [-0.05, 0) is 37.2 Å². The van der Waals surface area contributed by atoms with Gasteiger partial charge in [-0.2, -0.15) is 0 Å². The van der Waals surface area contributed by atoms with Crippen LogP contribution in [0.2, 0.25) is 5.02 Å². The molecule has 8 heteroatoms. The number of aromatic nitrogens is 2. The molecule has 1 unspecified atom stereocenters. The second-order valence-electron chi connectivity index (χ2n) is 7.65. The molecule has 2 fully saturated rings. The van der Waals surface area contributed by atoms with Gasteiger partial charge < -0.3 is 15.5 Å². The number of halogens is 2. The third-order valence-electron chi connectivity index (χ3n) is 5.54. The van der Waals surface area contributed by atoms with E-state index in [1.165, 1.54) is 12.5 Å². The van der Waals surface area contributed by atoms with Crippen LogP contribution < -0.4 is 15.5 Å². The third kappa shape index (κ3) is 4.86. The molecule has 2 aromatic rings. The van der Waals surface area contributed by atoms with Gasteiger partial charge in [0, 0.05) is 51.4 Å². The lowest BCUT2D eigenvalue weighted by molar-refractivity contribution is 0.257. The Bertz CT molecular complexity index is 834. The summed E-state index contributed by atoms with van der Waals surface area (Å²) in [6, 6.07) is 6.87. The van der Waals surface area contributed by atoms with Crippen LogP contribution in [-0.4, -0.2) is 67.2 Å². The Kier molecular flexibility index (Phi) is 6.60. The molecule has 1 aromatic heterocycles. The molecule has 0 bridgehead atoms.